The molecular formula is C12H10N2S6. The van der Waals surface area contributed by atoms with Gasteiger partial charge < -0.3 is 0 Å². The molecular weight excluding hydrogens is 365 g/mol. The van der Waals surface area contributed by atoms with Gasteiger partial charge in [0.05, 0.1) is 11.4 Å². The van der Waals surface area contributed by atoms with Crippen molar-refractivity contribution in [1.82, 2.24) is 0 Å². The highest BCUT2D eigenvalue weighted by molar-refractivity contribution is 7.85. The van der Waals surface area contributed by atoms with Crippen molar-refractivity contribution < 1.29 is 0 Å². The van der Waals surface area contributed by atoms with Crippen molar-refractivity contribution >= 4 is 87.1 Å². The van der Waals surface area contributed by atoms with E-state index in [0.29, 0.717) is 40.7 Å². The molecule has 0 spiro atoms. The van der Waals surface area contributed by atoms with Gasteiger partial charge in [-0.1, -0.05) is 0 Å². The number of benzene rings is 2. The van der Waals surface area contributed by atoms with Crippen molar-refractivity contribution in [2.45, 2.75) is 29.4 Å². The molecule has 0 heterocycles. The van der Waals surface area contributed by atoms with Crippen molar-refractivity contribution in [3.8, 4) is 0 Å². The van der Waals surface area contributed by atoms with E-state index in [9.17, 15) is 0 Å². The van der Waals surface area contributed by atoms with Gasteiger partial charge in [0.25, 0.3) is 0 Å². The molecule has 104 valence electrons. The second kappa shape index (κ2) is 6.93. The van der Waals surface area contributed by atoms with E-state index in [1.165, 1.54) is 0 Å². The Balaban J connectivity index is 2.35. The van der Waals surface area contributed by atoms with Crippen molar-refractivity contribution in [1.29, 1.82) is 0 Å². The molecule has 0 bridgehead atoms. The van der Waals surface area contributed by atoms with E-state index in [4.69, 9.17) is 0 Å². The van der Waals surface area contributed by atoms with Crippen molar-refractivity contribution in [2.75, 3.05) is 0 Å². The number of hydrogen-bond acceptors (Lipinski definition) is 8. The third kappa shape index (κ3) is 3.86. The third-order valence-corrected chi connectivity index (χ3v) is 5.47. The molecule has 8 heteroatoms. The Labute approximate surface area is 150 Å². The molecule has 2 aromatic rings. The molecule has 2 nitrogen and oxygen atoms in total. The first-order valence-corrected chi connectivity index (χ1v) is 7.98. The minimum Gasteiger partial charge on any atom is -0.150 e. The summed E-state index contributed by atoms with van der Waals surface area (Å²) in [6.45, 7) is 0. The Morgan fingerprint density at radius 3 is 1.00 bits per heavy atom. The van der Waals surface area contributed by atoms with Gasteiger partial charge in [0.1, 0.15) is 0 Å². The van der Waals surface area contributed by atoms with E-state index in [0.717, 1.165) is 0 Å². The maximum Gasteiger partial charge on any atom is 0.0880 e. The number of rotatable bonds is 2. The molecule has 20 heavy (non-hydrogen) atoms. The second-order valence-electron chi connectivity index (χ2n) is 3.87. The first-order chi connectivity index (χ1) is 9.38. The lowest BCUT2D eigenvalue weighted by Crippen LogP contribution is -1.76. The van der Waals surface area contributed by atoms with Crippen molar-refractivity contribution in [2.24, 2.45) is 10.2 Å². The Hall–Kier alpha value is 0.140. The predicted molar refractivity (Wildman–Crippen MR) is 101 cm³/mol. The van der Waals surface area contributed by atoms with Gasteiger partial charge in [0.2, 0.25) is 0 Å². The van der Waals surface area contributed by atoms with Gasteiger partial charge in [-0.3, -0.25) is 0 Å². The van der Waals surface area contributed by atoms with Crippen LogP contribution in [0.15, 0.2) is 63.9 Å². The van der Waals surface area contributed by atoms with Crippen LogP contribution >= 0.6 is 75.8 Å². The fraction of sp³-hybridized carbons (Fsp3) is 0. The normalized spacial score (nSPS) is 11.3. The second-order valence-corrected chi connectivity index (χ2v) is 6.69. The van der Waals surface area contributed by atoms with Crippen LogP contribution in [-0.4, -0.2) is 0 Å². The Bertz CT molecular complexity index is 593. The fourth-order valence-corrected chi connectivity index (χ4v) is 2.86. The number of hydrogen-bond donors (Lipinski definition) is 6. The summed E-state index contributed by atoms with van der Waals surface area (Å²) in [4.78, 5) is 4.22. The van der Waals surface area contributed by atoms with Gasteiger partial charge in [0.15, 0.2) is 0 Å². The van der Waals surface area contributed by atoms with Crippen LogP contribution in [0.4, 0.5) is 11.4 Å². The van der Waals surface area contributed by atoms with Crippen molar-refractivity contribution in [3.63, 3.8) is 0 Å². The lowest BCUT2D eigenvalue weighted by atomic mass is 10.3. The summed E-state index contributed by atoms with van der Waals surface area (Å²) in [5.41, 5.74) is 1.29. The molecule has 0 aliphatic carbocycles. The minimum atomic E-state index is 0.647. The third-order valence-electron chi connectivity index (χ3n) is 2.39. The summed E-state index contributed by atoms with van der Waals surface area (Å²) in [5, 5.41) is 8.30. The van der Waals surface area contributed by atoms with Gasteiger partial charge in [-0.15, -0.1) is 75.8 Å². The Morgan fingerprint density at radius 1 is 0.500 bits per heavy atom. The van der Waals surface area contributed by atoms with Gasteiger partial charge in [-0.2, -0.15) is 10.2 Å². The summed E-state index contributed by atoms with van der Waals surface area (Å²) in [7, 11) is 0. The highest BCUT2D eigenvalue weighted by Crippen LogP contribution is 2.33. The summed E-state index contributed by atoms with van der Waals surface area (Å²) in [6, 6.07) is 7.07. The lowest BCUT2D eigenvalue weighted by Gasteiger charge is -2.04. The molecule has 2 aromatic carbocycles. The van der Waals surface area contributed by atoms with Gasteiger partial charge in [0, 0.05) is 29.4 Å². The first kappa shape index (κ1) is 16.5. The van der Waals surface area contributed by atoms with Crippen LogP contribution in [0.5, 0.6) is 0 Å². The summed E-state index contributed by atoms with van der Waals surface area (Å²) >= 11 is 25.8. The Morgan fingerprint density at radius 2 is 0.750 bits per heavy atom. The van der Waals surface area contributed by atoms with Crippen LogP contribution in [0.1, 0.15) is 0 Å². The quantitative estimate of drug-likeness (QED) is 0.281. The van der Waals surface area contributed by atoms with Gasteiger partial charge >= 0.3 is 0 Å². The summed E-state index contributed by atoms with van der Waals surface area (Å²) in [6.07, 6.45) is 0. The highest BCUT2D eigenvalue weighted by atomic mass is 32.1. The van der Waals surface area contributed by atoms with Crippen LogP contribution in [0, 0.1) is 0 Å². The van der Waals surface area contributed by atoms with E-state index in [1.54, 1.807) is 24.3 Å². The maximum atomic E-state index is 4.30. The largest absolute Gasteiger partial charge is 0.150 e. The standard InChI is InChI=1S/C12H10N2S6/c15-7-1-5(2-8(16)11(7)19)13-14-6-3-9(17)12(20)10(18)4-6/h1-4,15-20H. The monoisotopic (exact) mass is 374 g/mol. The predicted octanol–water partition coefficient (Wildman–Crippen LogP) is 5.83. The molecule has 0 saturated heterocycles. The molecule has 0 aliphatic rings. The summed E-state index contributed by atoms with van der Waals surface area (Å²) in [5.74, 6) is 0. The molecule has 0 atom stereocenters. The topological polar surface area (TPSA) is 24.7 Å². The van der Waals surface area contributed by atoms with Crippen molar-refractivity contribution in [3.05, 3.63) is 24.3 Å². The number of azo groups is 1. The fourth-order valence-electron chi connectivity index (χ4n) is 1.41. The van der Waals surface area contributed by atoms with Crippen LogP contribution in [-0.2, 0) is 0 Å². The molecule has 0 fully saturated rings. The van der Waals surface area contributed by atoms with E-state index in [-0.39, 0.29) is 0 Å². The van der Waals surface area contributed by atoms with Crippen LogP contribution in [0.2, 0.25) is 0 Å². The molecule has 2 rings (SSSR count). The van der Waals surface area contributed by atoms with Crippen LogP contribution < -0.4 is 0 Å². The lowest BCUT2D eigenvalue weighted by molar-refractivity contribution is 1.09. The van der Waals surface area contributed by atoms with Crippen LogP contribution in [0.3, 0.4) is 0 Å². The zero-order chi connectivity index (χ0) is 14.9. The van der Waals surface area contributed by atoms with Crippen LogP contribution in [0.25, 0.3) is 0 Å². The average molecular weight is 375 g/mol. The molecule has 0 radical (unpaired) electrons. The van der Waals surface area contributed by atoms with E-state index in [1.807, 2.05) is 0 Å². The molecule has 0 saturated carbocycles. The molecule has 0 aromatic heterocycles. The molecule has 0 unspecified atom stereocenters. The molecule has 0 aliphatic heterocycles. The zero-order valence-electron chi connectivity index (χ0n) is 9.89. The minimum absolute atomic E-state index is 0.647. The average Bonchev–Trinajstić information content (AvgIpc) is 2.39. The van der Waals surface area contributed by atoms with Gasteiger partial charge in [-0.05, 0) is 24.3 Å². The smallest absolute Gasteiger partial charge is 0.0880 e. The van der Waals surface area contributed by atoms with E-state index < -0.39 is 0 Å². The van der Waals surface area contributed by atoms with Gasteiger partial charge in [-0.25, -0.2) is 0 Å². The zero-order valence-corrected chi connectivity index (χ0v) is 15.3. The number of thiol groups is 6. The summed E-state index contributed by atoms with van der Waals surface area (Å²) < 4.78 is 0. The van der Waals surface area contributed by atoms with E-state index >= 15 is 0 Å². The Kier molecular flexibility index (Phi) is 5.72. The van der Waals surface area contributed by atoms with E-state index in [2.05, 4.69) is 86.0 Å². The maximum absolute atomic E-state index is 4.30. The molecule has 0 amide bonds. The highest BCUT2D eigenvalue weighted by Gasteiger charge is 2.04. The molecule has 0 N–H and O–H groups in total. The first-order valence-electron chi connectivity index (χ1n) is 5.30. The SMILES string of the molecule is Sc1cc(N=Nc2cc(S)c(S)c(S)c2)cc(S)c1S. The number of nitrogens with zero attached hydrogens (tertiary/aromatic N) is 2.